The lowest BCUT2D eigenvalue weighted by molar-refractivity contribution is -0.130. The highest BCUT2D eigenvalue weighted by Crippen LogP contribution is 2.14. The van der Waals surface area contributed by atoms with Crippen molar-refractivity contribution in [3.05, 3.63) is 0 Å². The van der Waals surface area contributed by atoms with Crippen molar-refractivity contribution in [2.24, 2.45) is 17.4 Å². The number of hydrogen-bond donors (Lipinski definition) is 3. The normalized spacial score (nSPS) is 13.2. The lowest BCUT2D eigenvalue weighted by Gasteiger charge is -2.23. The van der Waals surface area contributed by atoms with E-state index in [0.717, 1.165) is 19.3 Å². The fourth-order valence-corrected chi connectivity index (χ4v) is 1.60. The Morgan fingerprint density at radius 3 is 2.29 bits per heavy atom. The quantitative estimate of drug-likeness (QED) is 0.579. The molecule has 1 atom stereocenters. The molecule has 1 unspecified atom stereocenters. The van der Waals surface area contributed by atoms with Gasteiger partial charge in [0.15, 0.2) is 0 Å². The first-order valence-corrected chi connectivity index (χ1v) is 6.14. The van der Waals surface area contributed by atoms with Crippen LogP contribution in [0, 0.1) is 5.92 Å². The van der Waals surface area contributed by atoms with Gasteiger partial charge < -0.3 is 16.8 Å². The molecule has 0 spiro atoms. The summed E-state index contributed by atoms with van der Waals surface area (Å²) >= 11 is 0. The summed E-state index contributed by atoms with van der Waals surface area (Å²) in [6.45, 7) is 5.94. The summed E-state index contributed by atoms with van der Waals surface area (Å²) in [5.41, 5.74) is 9.69. The zero-order valence-corrected chi connectivity index (χ0v) is 11.1. The van der Waals surface area contributed by atoms with Crippen LogP contribution in [0.15, 0.2) is 0 Å². The van der Waals surface area contributed by atoms with Crippen molar-refractivity contribution in [2.45, 2.75) is 52.0 Å². The van der Waals surface area contributed by atoms with E-state index in [0.29, 0.717) is 18.9 Å². The fourth-order valence-electron chi connectivity index (χ4n) is 1.60. The molecule has 5 N–H and O–H groups in total. The second-order valence-corrected chi connectivity index (χ2v) is 4.93. The second kappa shape index (κ2) is 7.27. The molecule has 0 aromatic carbocycles. The van der Waals surface area contributed by atoms with Crippen LogP contribution in [0.1, 0.15) is 46.5 Å². The maximum atomic E-state index is 11.6. The number of amides is 2. The molecule has 0 aromatic rings. The fraction of sp³-hybridized carbons (Fsp3) is 0.833. The first-order chi connectivity index (χ1) is 7.83. The van der Waals surface area contributed by atoms with Crippen molar-refractivity contribution in [1.82, 2.24) is 5.32 Å². The van der Waals surface area contributed by atoms with E-state index in [-0.39, 0.29) is 5.91 Å². The topological polar surface area (TPSA) is 98.2 Å². The van der Waals surface area contributed by atoms with Gasteiger partial charge in [-0.2, -0.15) is 0 Å². The summed E-state index contributed by atoms with van der Waals surface area (Å²) in [6.07, 6.45) is 3.16. The molecule has 0 aliphatic heterocycles. The highest BCUT2D eigenvalue weighted by molar-refractivity contribution is 5.89. The predicted octanol–water partition coefficient (Wildman–Crippen LogP) is 0.522. The number of rotatable bonds is 8. The third-order valence-corrected chi connectivity index (χ3v) is 3.00. The standard InChI is InChI=1S/C12H25N3O2/c1-4-9(7-8-13)5-6-10(16)15-12(2,3)11(14)17/h9H,4-8,13H2,1-3H3,(H2,14,17)(H,15,16). The van der Waals surface area contributed by atoms with Gasteiger partial charge in [0.2, 0.25) is 11.8 Å². The molecular weight excluding hydrogens is 218 g/mol. The second-order valence-electron chi connectivity index (χ2n) is 4.93. The van der Waals surface area contributed by atoms with Crippen LogP contribution < -0.4 is 16.8 Å². The Morgan fingerprint density at radius 2 is 1.88 bits per heavy atom. The Hall–Kier alpha value is -1.10. The molecule has 0 aliphatic rings. The van der Waals surface area contributed by atoms with E-state index in [2.05, 4.69) is 12.2 Å². The van der Waals surface area contributed by atoms with Gasteiger partial charge in [-0.1, -0.05) is 13.3 Å². The van der Waals surface area contributed by atoms with Gasteiger partial charge in [-0.15, -0.1) is 0 Å². The van der Waals surface area contributed by atoms with Gasteiger partial charge in [-0.05, 0) is 39.2 Å². The summed E-state index contributed by atoms with van der Waals surface area (Å²) in [7, 11) is 0. The van der Waals surface area contributed by atoms with Crippen LogP contribution >= 0.6 is 0 Å². The molecule has 0 bridgehead atoms. The van der Waals surface area contributed by atoms with E-state index in [1.165, 1.54) is 0 Å². The molecule has 0 rings (SSSR count). The van der Waals surface area contributed by atoms with E-state index in [4.69, 9.17) is 11.5 Å². The summed E-state index contributed by atoms with van der Waals surface area (Å²) < 4.78 is 0. The van der Waals surface area contributed by atoms with Crippen molar-refractivity contribution >= 4 is 11.8 Å². The molecule has 0 saturated heterocycles. The van der Waals surface area contributed by atoms with Crippen LogP contribution in [0.3, 0.4) is 0 Å². The number of nitrogens with one attached hydrogen (secondary N) is 1. The van der Waals surface area contributed by atoms with E-state index in [9.17, 15) is 9.59 Å². The van der Waals surface area contributed by atoms with Gasteiger partial charge in [-0.3, -0.25) is 9.59 Å². The number of carbonyl (C=O) groups is 2. The lowest BCUT2D eigenvalue weighted by Crippen LogP contribution is -2.53. The van der Waals surface area contributed by atoms with Crippen molar-refractivity contribution in [1.29, 1.82) is 0 Å². The summed E-state index contributed by atoms with van der Waals surface area (Å²) in [5.74, 6) is -0.188. The maximum Gasteiger partial charge on any atom is 0.242 e. The summed E-state index contributed by atoms with van der Waals surface area (Å²) in [4.78, 5) is 22.7. The maximum absolute atomic E-state index is 11.6. The highest BCUT2D eigenvalue weighted by atomic mass is 16.2. The molecule has 2 amide bonds. The van der Waals surface area contributed by atoms with Crippen molar-refractivity contribution in [2.75, 3.05) is 6.54 Å². The van der Waals surface area contributed by atoms with Gasteiger partial charge in [0, 0.05) is 6.42 Å². The largest absolute Gasteiger partial charge is 0.368 e. The lowest BCUT2D eigenvalue weighted by atomic mass is 9.96. The van der Waals surface area contributed by atoms with Crippen LogP contribution in [0.5, 0.6) is 0 Å². The third-order valence-electron chi connectivity index (χ3n) is 3.00. The average Bonchev–Trinajstić information content (AvgIpc) is 2.23. The third kappa shape index (κ3) is 6.26. The molecule has 0 aliphatic carbocycles. The number of nitrogens with two attached hydrogens (primary N) is 2. The monoisotopic (exact) mass is 243 g/mol. The zero-order chi connectivity index (χ0) is 13.5. The van der Waals surface area contributed by atoms with E-state index in [1.807, 2.05) is 0 Å². The van der Waals surface area contributed by atoms with E-state index in [1.54, 1.807) is 13.8 Å². The summed E-state index contributed by atoms with van der Waals surface area (Å²) in [5, 5.41) is 2.63. The van der Waals surface area contributed by atoms with Gasteiger partial charge in [-0.25, -0.2) is 0 Å². The minimum atomic E-state index is -0.980. The molecule has 5 nitrogen and oxygen atoms in total. The van der Waals surface area contributed by atoms with Crippen molar-refractivity contribution < 1.29 is 9.59 Å². The average molecular weight is 243 g/mol. The van der Waals surface area contributed by atoms with E-state index < -0.39 is 11.4 Å². The molecular formula is C12H25N3O2. The number of hydrogen-bond acceptors (Lipinski definition) is 3. The van der Waals surface area contributed by atoms with Crippen LogP contribution in [0.4, 0.5) is 0 Å². The number of carbonyl (C=O) groups excluding carboxylic acids is 2. The molecule has 17 heavy (non-hydrogen) atoms. The smallest absolute Gasteiger partial charge is 0.242 e. The van der Waals surface area contributed by atoms with Crippen molar-refractivity contribution in [3.63, 3.8) is 0 Å². The molecule has 5 heteroatoms. The predicted molar refractivity (Wildman–Crippen MR) is 68.1 cm³/mol. The molecule has 0 radical (unpaired) electrons. The first-order valence-electron chi connectivity index (χ1n) is 6.14. The number of primary amides is 1. The van der Waals surface area contributed by atoms with Crippen molar-refractivity contribution in [3.8, 4) is 0 Å². The van der Waals surface area contributed by atoms with Gasteiger partial charge in [0.25, 0.3) is 0 Å². The van der Waals surface area contributed by atoms with Crippen LogP contribution in [0.2, 0.25) is 0 Å². The van der Waals surface area contributed by atoms with Crippen LogP contribution in [-0.2, 0) is 9.59 Å². The van der Waals surface area contributed by atoms with Gasteiger partial charge >= 0.3 is 0 Å². The SMILES string of the molecule is CCC(CCN)CCC(=O)NC(C)(C)C(N)=O. The molecule has 100 valence electrons. The van der Waals surface area contributed by atoms with Crippen LogP contribution in [-0.4, -0.2) is 23.9 Å². The molecule has 0 aromatic heterocycles. The van der Waals surface area contributed by atoms with Gasteiger partial charge in [0.1, 0.15) is 5.54 Å². The molecule has 0 heterocycles. The summed E-state index contributed by atoms with van der Waals surface area (Å²) in [6, 6.07) is 0. The minimum absolute atomic E-state index is 0.135. The van der Waals surface area contributed by atoms with Crippen LogP contribution in [0.25, 0.3) is 0 Å². The molecule has 0 saturated carbocycles. The Balaban J connectivity index is 4.06. The zero-order valence-electron chi connectivity index (χ0n) is 11.1. The first kappa shape index (κ1) is 15.9. The van der Waals surface area contributed by atoms with Gasteiger partial charge in [0.05, 0.1) is 0 Å². The Kier molecular flexibility index (Phi) is 6.80. The Labute approximate surface area is 103 Å². The molecule has 0 fully saturated rings. The Morgan fingerprint density at radius 1 is 1.29 bits per heavy atom. The minimum Gasteiger partial charge on any atom is -0.368 e. The Bertz CT molecular complexity index is 264. The van der Waals surface area contributed by atoms with E-state index >= 15 is 0 Å². The highest BCUT2D eigenvalue weighted by Gasteiger charge is 2.26.